The number of carboxylic acid groups (broad SMARTS) is 1. The molecule has 0 bridgehead atoms. The van der Waals surface area contributed by atoms with Gasteiger partial charge in [-0.1, -0.05) is 18.2 Å². The molecule has 132 valence electrons. The number of hydrogen-bond donors (Lipinski definition) is 2. The summed E-state index contributed by atoms with van der Waals surface area (Å²) in [5, 5.41) is 13.9. The lowest BCUT2D eigenvalue weighted by molar-refractivity contribution is -0.147. The van der Waals surface area contributed by atoms with Crippen LogP contribution in [0.3, 0.4) is 0 Å². The first-order valence-corrected chi connectivity index (χ1v) is 8.53. The Kier molecular flexibility index (Phi) is 5.58. The number of nitrogens with one attached hydrogen (secondary N) is 1. The Bertz CT molecular complexity index is 767. The maximum Gasteiger partial charge on any atom is 0.329 e. The normalized spacial score (nSPS) is 11.0. The van der Waals surface area contributed by atoms with Crippen LogP contribution in [0.15, 0.2) is 41.8 Å². The highest BCUT2D eigenvalue weighted by Gasteiger charge is 2.35. The third-order valence-electron chi connectivity index (χ3n) is 4.07. The second-order valence-electron chi connectivity index (χ2n) is 6.09. The summed E-state index contributed by atoms with van der Waals surface area (Å²) in [5.41, 5.74) is -0.0588. The van der Waals surface area contributed by atoms with Crippen LogP contribution in [-0.2, 0) is 11.3 Å². The third-order valence-corrected chi connectivity index (χ3v) is 4.93. The summed E-state index contributed by atoms with van der Waals surface area (Å²) in [4.78, 5) is 37.4. The molecule has 2 N–H and O–H groups in total. The molecule has 0 spiro atoms. The van der Waals surface area contributed by atoms with Crippen molar-refractivity contribution in [1.82, 2.24) is 10.2 Å². The molecule has 0 unspecified atom stereocenters. The van der Waals surface area contributed by atoms with Crippen molar-refractivity contribution in [1.29, 1.82) is 0 Å². The Morgan fingerprint density at radius 1 is 1.16 bits per heavy atom. The fourth-order valence-corrected chi connectivity index (χ4v) is 2.67. The van der Waals surface area contributed by atoms with Gasteiger partial charge in [-0.05, 0) is 43.0 Å². The van der Waals surface area contributed by atoms with Crippen LogP contribution in [0.2, 0.25) is 0 Å². The van der Waals surface area contributed by atoms with Crippen molar-refractivity contribution in [3.63, 3.8) is 0 Å². The molecule has 2 rings (SSSR count). The molecule has 2 aromatic rings. The van der Waals surface area contributed by atoms with E-state index < -0.39 is 11.5 Å². The average Bonchev–Trinajstić information content (AvgIpc) is 3.13. The van der Waals surface area contributed by atoms with Gasteiger partial charge in [0.05, 0.1) is 4.88 Å². The molecule has 0 atom stereocenters. The molecule has 0 aliphatic rings. The lowest BCUT2D eigenvalue weighted by Crippen LogP contribution is -2.50. The number of carboxylic acids is 1. The highest BCUT2D eigenvalue weighted by molar-refractivity contribution is 7.12. The van der Waals surface area contributed by atoms with Gasteiger partial charge in [-0.3, -0.25) is 9.59 Å². The maximum absolute atomic E-state index is 12.4. The monoisotopic (exact) mass is 360 g/mol. The van der Waals surface area contributed by atoms with Crippen LogP contribution in [0, 0.1) is 0 Å². The molecule has 2 amide bonds. The van der Waals surface area contributed by atoms with Crippen molar-refractivity contribution in [2.24, 2.45) is 0 Å². The van der Waals surface area contributed by atoms with Crippen LogP contribution in [0.4, 0.5) is 0 Å². The van der Waals surface area contributed by atoms with Crippen molar-refractivity contribution in [2.45, 2.75) is 25.9 Å². The van der Waals surface area contributed by atoms with Crippen molar-refractivity contribution >= 4 is 29.1 Å². The van der Waals surface area contributed by atoms with E-state index in [1.54, 1.807) is 30.3 Å². The van der Waals surface area contributed by atoms with Crippen LogP contribution < -0.4 is 5.32 Å². The minimum absolute atomic E-state index is 0.141. The number of benzene rings is 1. The molecule has 0 fully saturated rings. The summed E-state index contributed by atoms with van der Waals surface area (Å²) < 4.78 is 0. The molecule has 0 aliphatic carbocycles. The van der Waals surface area contributed by atoms with E-state index in [0.29, 0.717) is 17.0 Å². The fourth-order valence-electron chi connectivity index (χ4n) is 2.03. The van der Waals surface area contributed by atoms with Gasteiger partial charge in [-0.25, -0.2) is 4.79 Å². The summed E-state index contributed by atoms with van der Waals surface area (Å²) in [6, 6.07) is 10.3. The molecule has 1 heterocycles. The Morgan fingerprint density at radius 2 is 1.80 bits per heavy atom. The number of amides is 2. The van der Waals surface area contributed by atoms with E-state index in [1.807, 2.05) is 11.4 Å². The summed E-state index contributed by atoms with van der Waals surface area (Å²) in [5.74, 6) is -1.59. The Hall–Kier alpha value is -2.67. The van der Waals surface area contributed by atoms with Gasteiger partial charge < -0.3 is 15.3 Å². The number of rotatable bonds is 6. The number of aliphatic carboxylic acids is 1. The van der Waals surface area contributed by atoms with Crippen molar-refractivity contribution in [3.05, 3.63) is 57.8 Å². The number of thiophene rings is 1. The molecule has 0 aliphatic heterocycles. The third kappa shape index (κ3) is 4.24. The summed E-state index contributed by atoms with van der Waals surface area (Å²) in [6.45, 7) is 3.30. The topological polar surface area (TPSA) is 86.7 Å². The average molecular weight is 360 g/mol. The molecule has 6 nitrogen and oxygen atoms in total. The van der Waals surface area contributed by atoms with Gasteiger partial charge in [0.25, 0.3) is 11.8 Å². The van der Waals surface area contributed by atoms with Crippen molar-refractivity contribution in [2.75, 3.05) is 7.05 Å². The zero-order valence-electron chi connectivity index (χ0n) is 14.3. The standard InChI is InChI=1S/C18H20N2O4S/c1-18(2,17(23)24)20(3)16(22)13-8-6-12(7-9-13)11-19-15(21)14-5-4-10-25-14/h4-10H,11H2,1-3H3,(H,19,21)(H,23,24). The summed E-state index contributed by atoms with van der Waals surface area (Å²) in [6.07, 6.45) is 0. The molecule has 1 aromatic carbocycles. The molecule has 0 radical (unpaired) electrons. The lowest BCUT2D eigenvalue weighted by Gasteiger charge is -2.31. The van der Waals surface area contributed by atoms with Gasteiger partial charge in [0, 0.05) is 19.2 Å². The zero-order valence-corrected chi connectivity index (χ0v) is 15.1. The van der Waals surface area contributed by atoms with E-state index in [9.17, 15) is 19.5 Å². The van der Waals surface area contributed by atoms with E-state index in [2.05, 4.69) is 5.32 Å². The van der Waals surface area contributed by atoms with Crippen LogP contribution in [0.25, 0.3) is 0 Å². The number of likely N-dealkylation sites (N-methyl/N-ethyl adjacent to an activating group) is 1. The predicted molar refractivity (Wildman–Crippen MR) is 95.7 cm³/mol. The van der Waals surface area contributed by atoms with E-state index >= 15 is 0 Å². The van der Waals surface area contributed by atoms with Crippen molar-refractivity contribution < 1.29 is 19.5 Å². The van der Waals surface area contributed by atoms with Gasteiger partial charge in [-0.2, -0.15) is 0 Å². The first kappa shape index (κ1) is 18.7. The Morgan fingerprint density at radius 3 is 2.32 bits per heavy atom. The lowest BCUT2D eigenvalue weighted by atomic mass is 10.0. The molecule has 0 saturated heterocycles. The van der Waals surface area contributed by atoms with E-state index in [0.717, 1.165) is 5.56 Å². The first-order valence-electron chi connectivity index (χ1n) is 7.65. The van der Waals surface area contributed by atoms with Crippen molar-refractivity contribution in [3.8, 4) is 0 Å². The van der Waals surface area contributed by atoms with Gasteiger partial charge in [-0.15, -0.1) is 11.3 Å². The maximum atomic E-state index is 12.4. The van der Waals surface area contributed by atoms with E-state index in [-0.39, 0.29) is 11.8 Å². The first-order chi connectivity index (χ1) is 11.7. The largest absolute Gasteiger partial charge is 0.480 e. The van der Waals surface area contributed by atoms with Crippen LogP contribution >= 0.6 is 11.3 Å². The van der Waals surface area contributed by atoms with Gasteiger partial charge in [0.2, 0.25) is 0 Å². The van der Waals surface area contributed by atoms with Gasteiger partial charge >= 0.3 is 5.97 Å². The number of carbonyl (C=O) groups is 3. The Labute approximate surface area is 150 Å². The van der Waals surface area contributed by atoms with Gasteiger partial charge in [0.1, 0.15) is 5.54 Å². The van der Waals surface area contributed by atoms with Crippen LogP contribution in [-0.4, -0.2) is 40.4 Å². The molecular formula is C18H20N2O4S. The smallest absolute Gasteiger partial charge is 0.329 e. The van der Waals surface area contributed by atoms with Gasteiger partial charge in [0.15, 0.2) is 0 Å². The SMILES string of the molecule is CN(C(=O)c1ccc(CNC(=O)c2cccs2)cc1)C(C)(C)C(=O)O. The molecule has 0 saturated carbocycles. The second-order valence-corrected chi connectivity index (χ2v) is 7.03. The minimum Gasteiger partial charge on any atom is -0.480 e. The molecule has 1 aromatic heterocycles. The second kappa shape index (κ2) is 7.48. The fraction of sp³-hybridized carbons (Fsp3) is 0.278. The van der Waals surface area contributed by atoms with Crippen LogP contribution in [0.5, 0.6) is 0 Å². The Balaban J connectivity index is 2.01. The summed E-state index contributed by atoms with van der Waals surface area (Å²) >= 11 is 1.37. The molecule has 25 heavy (non-hydrogen) atoms. The highest BCUT2D eigenvalue weighted by atomic mass is 32.1. The van der Waals surface area contributed by atoms with E-state index in [4.69, 9.17) is 0 Å². The molecular weight excluding hydrogens is 340 g/mol. The number of nitrogens with zero attached hydrogens (tertiary/aromatic N) is 1. The quantitative estimate of drug-likeness (QED) is 0.829. The summed E-state index contributed by atoms with van der Waals surface area (Å²) in [7, 11) is 1.46. The van der Waals surface area contributed by atoms with Crippen LogP contribution in [0.1, 0.15) is 39.4 Å². The minimum atomic E-state index is -1.30. The highest BCUT2D eigenvalue weighted by Crippen LogP contribution is 2.17. The number of hydrogen-bond acceptors (Lipinski definition) is 4. The predicted octanol–water partition coefficient (Wildman–Crippen LogP) is 2.61. The molecule has 7 heteroatoms. The number of carbonyl (C=O) groups excluding carboxylic acids is 2. The van der Waals surface area contributed by atoms with E-state index in [1.165, 1.54) is 37.1 Å². The zero-order chi connectivity index (χ0) is 18.6.